The molecule has 2 heteroatoms. The first-order chi connectivity index (χ1) is 5.58. The molecule has 2 nitrogen and oxygen atoms in total. The molecule has 0 radical (unpaired) electrons. The standard InChI is InChI=1S/C10H14NO/c1-4-6-9(7-5-2)10(3,12)8-11/h4-5,9H,1-2,6-7H2,3H3/q-1/t10-/m1/s1. The third-order valence-electron chi connectivity index (χ3n) is 1.90. The number of hydrogen-bond acceptors (Lipinski definition) is 2. The van der Waals surface area contributed by atoms with E-state index in [-0.39, 0.29) is 5.92 Å². The predicted octanol–water partition coefficient (Wildman–Crippen LogP) is 1.40. The number of nitrogens with zero attached hydrogens (tertiary/aromatic N) is 1. The molecule has 0 aromatic heterocycles. The number of hydrogen-bond donors (Lipinski definition) is 0. The van der Waals surface area contributed by atoms with Crippen molar-refractivity contribution in [3.8, 4) is 6.07 Å². The molecule has 12 heavy (non-hydrogen) atoms. The summed E-state index contributed by atoms with van der Waals surface area (Å²) in [6, 6.07) is 1.76. The molecule has 0 aromatic carbocycles. The molecule has 0 N–H and O–H groups in total. The monoisotopic (exact) mass is 164 g/mol. The van der Waals surface area contributed by atoms with Crippen LogP contribution in [0.25, 0.3) is 0 Å². The fourth-order valence-corrected chi connectivity index (χ4v) is 1.04. The van der Waals surface area contributed by atoms with Gasteiger partial charge in [0.2, 0.25) is 0 Å². The summed E-state index contributed by atoms with van der Waals surface area (Å²) < 4.78 is 0. The topological polar surface area (TPSA) is 46.8 Å². The van der Waals surface area contributed by atoms with Crippen LogP contribution in [0.5, 0.6) is 0 Å². The van der Waals surface area contributed by atoms with E-state index in [4.69, 9.17) is 5.26 Å². The molecule has 0 saturated carbocycles. The van der Waals surface area contributed by atoms with Gasteiger partial charge in [-0.2, -0.15) is 5.26 Å². The number of rotatable bonds is 5. The smallest absolute Gasteiger partial charge is 0.0510 e. The molecule has 0 amide bonds. The first-order valence-electron chi connectivity index (χ1n) is 3.92. The van der Waals surface area contributed by atoms with Crippen molar-refractivity contribution < 1.29 is 5.11 Å². The Morgan fingerprint density at radius 1 is 1.50 bits per heavy atom. The zero-order chi connectivity index (χ0) is 9.61. The molecule has 0 heterocycles. The van der Waals surface area contributed by atoms with Crippen molar-refractivity contribution in [1.29, 1.82) is 5.26 Å². The summed E-state index contributed by atoms with van der Waals surface area (Å²) in [5.41, 5.74) is -1.53. The lowest BCUT2D eigenvalue weighted by atomic mass is 9.85. The van der Waals surface area contributed by atoms with Crippen molar-refractivity contribution in [2.24, 2.45) is 5.92 Å². The molecule has 0 aliphatic carbocycles. The summed E-state index contributed by atoms with van der Waals surface area (Å²) in [6.07, 6.45) is 4.47. The Bertz CT molecular complexity index is 190. The summed E-state index contributed by atoms with van der Waals surface area (Å²) in [5.74, 6) is -0.211. The normalized spacial score (nSPS) is 14.8. The van der Waals surface area contributed by atoms with Gasteiger partial charge in [0.15, 0.2) is 0 Å². The van der Waals surface area contributed by atoms with Crippen LogP contribution < -0.4 is 5.11 Å². The Hall–Kier alpha value is -1.07. The Morgan fingerprint density at radius 3 is 2.17 bits per heavy atom. The Morgan fingerprint density at radius 2 is 1.92 bits per heavy atom. The Balaban J connectivity index is 4.38. The van der Waals surface area contributed by atoms with Crippen LogP contribution in [0.1, 0.15) is 19.8 Å². The van der Waals surface area contributed by atoms with E-state index in [1.807, 2.05) is 0 Å². The van der Waals surface area contributed by atoms with E-state index in [2.05, 4.69) is 13.2 Å². The Kier molecular flexibility index (Phi) is 4.31. The van der Waals surface area contributed by atoms with E-state index < -0.39 is 5.60 Å². The maximum Gasteiger partial charge on any atom is 0.0510 e. The lowest BCUT2D eigenvalue weighted by Crippen LogP contribution is -2.46. The van der Waals surface area contributed by atoms with Gasteiger partial charge in [0, 0.05) is 0 Å². The van der Waals surface area contributed by atoms with Crippen molar-refractivity contribution in [2.45, 2.75) is 25.4 Å². The van der Waals surface area contributed by atoms with Crippen LogP contribution in [0.15, 0.2) is 25.3 Å². The zero-order valence-electron chi connectivity index (χ0n) is 7.42. The van der Waals surface area contributed by atoms with Crippen molar-refractivity contribution in [3.63, 3.8) is 0 Å². The van der Waals surface area contributed by atoms with Crippen LogP contribution in [-0.2, 0) is 0 Å². The van der Waals surface area contributed by atoms with Crippen molar-refractivity contribution in [3.05, 3.63) is 25.3 Å². The number of nitriles is 1. The van der Waals surface area contributed by atoms with Crippen molar-refractivity contribution >= 4 is 0 Å². The van der Waals surface area contributed by atoms with Gasteiger partial charge in [-0.05, 0) is 24.4 Å². The molecule has 0 fully saturated rings. The van der Waals surface area contributed by atoms with Crippen molar-refractivity contribution in [1.82, 2.24) is 0 Å². The molecule has 0 aliphatic rings. The largest absolute Gasteiger partial charge is 0.838 e. The van der Waals surface area contributed by atoms with Crippen LogP contribution >= 0.6 is 0 Å². The highest BCUT2D eigenvalue weighted by Gasteiger charge is 2.19. The second kappa shape index (κ2) is 4.74. The minimum absolute atomic E-state index is 0.211. The van der Waals surface area contributed by atoms with Gasteiger partial charge in [-0.15, -0.1) is 13.2 Å². The van der Waals surface area contributed by atoms with Crippen LogP contribution in [0.4, 0.5) is 0 Å². The highest BCUT2D eigenvalue weighted by Crippen LogP contribution is 2.21. The van der Waals surface area contributed by atoms with E-state index in [1.165, 1.54) is 6.92 Å². The number of allylic oxidation sites excluding steroid dienone is 2. The van der Waals surface area contributed by atoms with E-state index in [0.29, 0.717) is 12.8 Å². The van der Waals surface area contributed by atoms with Gasteiger partial charge in [-0.1, -0.05) is 19.1 Å². The molecule has 0 aromatic rings. The summed E-state index contributed by atoms with van der Waals surface area (Å²) in [6.45, 7) is 8.50. The fraction of sp³-hybridized carbons (Fsp3) is 0.500. The van der Waals surface area contributed by atoms with Gasteiger partial charge in [0.05, 0.1) is 6.07 Å². The molecule has 66 valence electrons. The second-order valence-corrected chi connectivity index (χ2v) is 2.96. The quantitative estimate of drug-likeness (QED) is 0.576. The summed E-state index contributed by atoms with van der Waals surface area (Å²) in [5, 5.41) is 20.1. The van der Waals surface area contributed by atoms with Gasteiger partial charge < -0.3 is 5.11 Å². The third-order valence-corrected chi connectivity index (χ3v) is 1.90. The highest BCUT2D eigenvalue weighted by atomic mass is 16.3. The van der Waals surface area contributed by atoms with E-state index in [9.17, 15) is 5.11 Å². The fourth-order valence-electron chi connectivity index (χ4n) is 1.04. The molecular formula is C10H14NO-. The molecular weight excluding hydrogens is 150 g/mol. The SMILES string of the molecule is C=CCC(CC=C)[C@](C)([O-])C#N. The molecule has 0 bridgehead atoms. The highest BCUT2D eigenvalue weighted by molar-refractivity contribution is 5.03. The minimum atomic E-state index is -1.53. The van der Waals surface area contributed by atoms with Gasteiger partial charge in [0.25, 0.3) is 0 Å². The van der Waals surface area contributed by atoms with Gasteiger partial charge in [-0.25, -0.2) is 0 Å². The predicted molar refractivity (Wildman–Crippen MR) is 47.1 cm³/mol. The van der Waals surface area contributed by atoms with Crippen LogP contribution in [-0.4, -0.2) is 5.60 Å². The van der Waals surface area contributed by atoms with Crippen LogP contribution in [0.3, 0.4) is 0 Å². The molecule has 0 spiro atoms. The molecule has 0 unspecified atom stereocenters. The molecule has 0 aliphatic heterocycles. The average molecular weight is 164 g/mol. The molecule has 0 saturated heterocycles. The van der Waals surface area contributed by atoms with Gasteiger partial charge in [-0.3, -0.25) is 0 Å². The molecule has 0 rings (SSSR count). The molecule has 1 atom stereocenters. The summed E-state index contributed by atoms with van der Waals surface area (Å²) in [4.78, 5) is 0. The van der Waals surface area contributed by atoms with Gasteiger partial charge in [0.1, 0.15) is 0 Å². The average Bonchev–Trinajstić information content (AvgIpc) is 2.04. The van der Waals surface area contributed by atoms with E-state index in [1.54, 1.807) is 18.2 Å². The lowest BCUT2D eigenvalue weighted by molar-refractivity contribution is -0.463. The summed E-state index contributed by atoms with van der Waals surface area (Å²) in [7, 11) is 0. The van der Waals surface area contributed by atoms with Crippen LogP contribution in [0, 0.1) is 17.2 Å². The lowest BCUT2D eigenvalue weighted by Gasteiger charge is -2.36. The second-order valence-electron chi connectivity index (χ2n) is 2.96. The maximum absolute atomic E-state index is 11.5. The van der Waals surface area contributed by atoms with E-state index in [0.717, 1.165) is 0 Å². The Labute approximate surface area is 73.8 Å². The van der Waals surface area contributed by atoms with Gasteiger partial charge >= 0.3 is 0 Å². The van der Waals surface area contributed by atoms with E-state index >= 15 is 0 Å². The first-order valence-corrected chi connectivity index (χ1v) is 3.92. The maximum atomic E-state index is 11.5. The van der Waals surface area contributed by atoms with Crippen LogP contribution in [0.2, 0.25) is 0 Å². The third kappa shape index (κ3) is 2.89. The van der Waals surface area contributed by atoms with Crippen molar-refractivity contribution in [2.75, 3.05) is 0 Å². The first kappa shape index (κ1) is 10.9. The zero-order valence-corrected chi connectivity index (χ0v) is 7.42. The minimum Gasteiger partial charge on any atom is -0.838 e. The summed E-state index contributed by atoms with van der Waals surface area (Å²) >= 11 is 0.